The summed E-state index contributed by atoms with van der Waals surface area (Å²) in [5.74, 6) is -1.38. The monoisotopic (exact) mass is 306 g/mol. The molecular formula is C14H8ClFN2O3. The third-order valence-electron chi connectivity index (χ3n) is 2.85. The Hall–Kier alpha value is -2.60. The third-order valence-corrected chi connectivity index (χ3v) is 3.16. The van der Waals surface area contributed by atoms with Gasteiger partial charge >= 0.3 is 5.97 Å². The molecule has 0 saturated carbocycles. The van der Waals surface area contributed by atoms with Crippen LogP contribution >= 0.6 is 11.6 Å². The summed E-state index contributed by atoms with van der Waals surface area (Å²) in [6.07, 6.45) is 1.45. The Balaban J connectivity index is 2.20. The molecule has 0 saturated heterocycles. The Morgan fingerprint density at radius 1 is 1.33 bits per heavy atom. The fourth-order valence-corrected chi connectivity index (χ4v) is 2.02. The first-order chi connectivity index (χ1) is 10.1. The molecular weight excluding hydrogens is 299 g/mol. The number of aromatic carboxylic acids is 1. The van der Waals surface area contributed by atoms with E-state index in [-0.39, 0.29) is 10.7 Å². The minimum Gasteiger partial charge on any atom is -0.476 e. The van der Waals surface area contributed by atoms with E-state index in [1.54, 1.807) is 12.1 Å². The second-order valence-corrected chi connectivity index (χ2v) is 4.61. The van der Waals surface area contributed by atoms with Crippen molar-refractivity contribution in [3.05, 3.63) is 59.2 Å². The van der Waals surface area contributed by atoms with Gasteiger partial charge in [0.15, 0.2) is 11.5 Å². The standard InChI is InChI=1S/C14H8ClFN2O3/c15-9-4-3-8(6-10(9)16)18-12(13-2-1-5-21-13)7-11(17-18)14(19)20/h1-7H,(H,19,20). The van der Waals surface area contributed by atoms with Crippen molar-refractivity contribution in [1.82, 2.24) is 9.78 Å². The van der Waals surface area contributed by atoms with Crippen LogP contribution in [0.25, 0.3) is 17.1 Å². The Morgan fingerprint density at radius 3 is 2.76 bits per heavy atom. The van der Waals surface area contributed by atoms with Crippen LogP contribution in [-0.4, -0.2) is 20.9 Å². The fourth-order valence-electron chi connectivity index (χ4n) is 1.90. The van der Waals surface area contributed by atoms with Gasteiger partial charge in [-0.3, -0.25) is 0 Å². The lowest BCUT2D eigenvalue weighted by Crippen LogP contribution is -2.02. The molecule has 3 aromatic rings. The first-order valence-electron chi connectivity index (χ1n) is 5.89. The molecule has 0 bridgehead atoms. The van der Waals surface area contributed by atoms with E-state index in [1.165, 1.54) is 35.2 Å². The molecule has 0 aliphatic carbocycles. The molecule has 7 heteroatoms. The average molecular weight is 307 g/mol. The van der Waals surface area contributed by atoms with Crippen molar-refractivity contribution in [2.24, 2.45) is 0 Å². The maximum absolute atomic E-state index is 13.6. The zero-order valence-corrected chi connectivity index (χ0v) is 11.2. The molecule has 0 fully saturated rings. The van der Waals surface area contributed by atoms with Crippen LogP contribution in [0.5, 0.6) is 0 Å². The highest BCUT2D eigenvalue weighted by atomic mass is 35.5. The van der Waals surface area contributed by atoms with Gasteiger partial charge in [0.25, 0.3) is 0 Å². The minimum absolute atomic E-state index is 0.0242. The van der Waals surface area contributed by atoms with Crippen molar-refractivity contribution in [3.8, 4) is 17.1 Å². The number of carboxylic acid groups (broad SMARTS) is 1. The lowest BCUT2D eigenvalue weighted by molar-refractivity contribution is 0.0690. The number of nitrogens with zero attached hydrogens (tertiary/aromatic N) is 2. The van der Waals surface area contributed by atoms with Crippen LogP contribution in [-0.2, 0) is 0 Å². The van der Waals surface area contributed by atoms with Crippen molar-refractivity contribution in [2.75, 3.05) is 0 Å². The minimum atomic E-state index is -1.18. The van der Waals surface area contributed by atoms with Gasteiger partial charge in [0.2, 0.25) is 0 Å². The summed E-state index contributed by atoms with van der Waals surface area (Å²) < 4.78 is 20.1. The SMILES string of the molecule is O=C(O)c1cc(-c2ccco2)n(-c2ccc(Cl)c(F)c2)n1. The number of halogens is 2. The summed E-state index contributed by atoms with van der Waals surface area (Å²) in [4.78, 5) is 11.1. The molecule has 0 aliphatic rings. The molecule has 21 heavy (non-hydrogen) atoms. The van der Waals surface area contributed by atoms with E-state index in [4.69, 9.17) is 21.1 Å². The molecule has 2 heterocycles. The molecule has 2 aromatic heterocycles. The first kappa shape index (κ1) is 13.4. The van der Waals surface area contributed by atoms with Gasteiger partial charge in [-0.1, -0.05) is 11.6 Å². The largest absolute Gasteiger partial charge is 0.476 e. The predicted molar refractivity (Wildman–Crippen MR) is 73.2 cm³/mol. The van der Waals surface area contributed by atoms with Gasteiger partial charge < -0.3 is 9.52 Å². The number of rotatable bonds is 3. The highest BCUT2D eigenvalue weighted by molar-refractivity contribution is 6.30. The van der Waals surface area contributed by atoms with Crippen molar-refractivity contribution >= 4 is 17.6 Å². The molecule has 0 spiro atoms. The second kappa shape index (κ2) is 5.06. The molecule has 0 amide bonds. The first-order valence-corrected chi connectivity index (χ1v) is 6.27. The summed E-state index contributed by atoms with van der Waals surface area (Å²) in [7, 11) is 0. The summed E-state index contributed by atoms with van der Waals surface area (Å²) in [6.45, 7) is 0. The van der Waals surface area contributed by atoms with Gasteiger partial charge in [-0.25, -0.2) is 13.9 Å². The zero-order chi connectivity index (χ0) is 15.0. The highest BCUT2D eigenvalue weighted by Gasteiger charge is 2.18. The Labute approximate surface area is 123 Å². The molecule has 5 nitrogen and oxygen atoms in total. The van der Waals surface area contributed by atoms with Gasteiger partial charge in [-0.2, -0.15) is 5.10 Å². The summed E-state index contributed by atoms with van der Waals surface area (Å²) in [6, 6.07) is 8.76. The van der Waals surface area contributed by atoms with Crippen LogP contribution in [0.15, 0.2) is 47.1 Å². The average Bonchev–Trinajstić information content (AvgIpc) is 3.09. The summed E-state index contributed by atoms with van der Waals surface area (Å²) in [5.41, 5.74) is 0.576. The van der Waals surface area contributed by atoms with Crippen molar-refractivity contribution in [2.45, 2.75) is 0 Å². The van der Waals surface area contributed by atoms with Crippen LogP contribution in [0.4, 0.5) is 4.39 Å². The van der Waals surface area contributed by atoms with Crippen LogP contribution in [0.3, 0.4) is 0 Å². The molecule has 0 unspecified atom stereocenters. The lowest BCUT2D eigenvalue weighted by atomic mass is 10.2. The van der Waals surface area contributed by atoms with Crippen LogP contribution in [0.2, 0.25) is 5.02 Å². The Morgan fingerprint density at radius 2 is 2.14 bits per heavy atom. The number of aromatic nitrogens is 2. The normalized spacial score (nSPS) is 10.8. The Kier molecular flexibility index (Phi) is 3.23. The molecule has 1 N–H and O–H groups in total. The van der Waals surface area contributed by atoms with E-state index >= 15 is 0 Å². The number of furan rings is 1. The van der Waals surface area contributed by atoms with Gasteiger partial charge in [-0.15, -0.1) is 0 Å². The zero-order valence-electron chi connectivity index (χ0n) is 10.5. The quantitative estimate of drug-likeness (QED) is 0.802. The van der Waals surface area contributed by atoms with Gasteiger partial charge in [0.1, 0.15) is 11.5 Å². The van der Waals surface area contributed by atoms with Crippen LogP contribution in [0.1, 0.15) is 10.5 Å². The molecule has 1 aromatic carbocycles. The number of hydrogen-bond acceptors (Lipinski definition) is 3. The van der Waals surface area contributed by atoms with E-state index in [0.29, 0.717) is 17.1 Å². The number of carbonyl (C=O) groups is 1. The van der Waals surface area contributed by atoms with E-state index in [0.717, 1.165) is 0 Å². The lowest BCUT2D eigenvalue weighted by Gasteiger charge is -2.06. The number of benzene rings is 1. The fraction of sp³-hybridized carbons (Fsp3) is 0. The molecule has 0 aliphatic heterocycles. The molecule has 3 rings (SSSR count). The van der Waals surface area contributed by atoms with Gasteiger partial charge in [0, 0.05) is 12.1 Å². The van der Waals surface area contributed by atoms with Crippen molar-refractivity contribution in [3.63, 3.8) is 0 Å². The topological polar surface area (TPSA) is 68.3 Å². The van der Waals surface area contributed by atoms with Crippen molar-refractivity contribution in [1.29, 1.82) is 0 Å². The van der Waals surface area contributed by atoms with E-state index in [9.17, 15) is 9.18 Å². The molecule has 0 atom stereocenters. The summed E-state index contributed by atoms with van der Waals surface area (Å²) in [5, 5.41) is 13.0. The van der Waals surface area contributed by atoms with Crippen LogP contribution < -0.4 is 0 Å². The number of hydrogen-bond donors (Lipinski definition) is 1. The van der Waals surface area contributed by atoms with Crippen molar-refractivity contribution < 1.29 is 18.7 Å². The Bertz CT molecular complexity index is 812. The maximum Gasteiger partial charge on any atom is 0.356 e. The second-order valence-electron chi connectivity index (χ2n) is 4.21. The number of carboxylic acids is 1. The van der Waals surface area contributed by atoms with E-state index in [1.807, 2.05) is 0 Å². The molecule has 0 radical (unpaired) electrons. The van der Waals surface area contributed by atoms with E-state index in [2.05, 4.69) is 5.10 Å². The highest BCUT2D eigenvalue weighted by Crippen LogP contribution is 2.26. The van der Waals surface area contributed by atoms with E-state index < -0.39 is 11.8 Å². The predicted octanol–water partition coefficient (Wildman–Crippen LogP) is 3.62. The van der Waals surface area contributed by atoms with Crippen LogP contribution in [0, 0.1) is 5.82 Å². The maximum atomic E-state index is 13.6. The summed E-state index contributed by atoms with van der Waals surface area (Å²) >= 11 is 5.65. The van der Waals surface area contributed by atoms with Gasteiger partial charge in [-0.05, 0) is 24.3 Å². The smallest absolute Gasteiger partial charge is 0.356 e. The molecule has 106 valence electrons. The third kappa shape index (κ3) is 2.41. The van der Waals surface area contributed by atoms with Gasteiger partial charge in [0.05, 0.1) is 17.0 Å².